The molecule has 1 aromatic heterocycles. The van der Waals surface area contributed by atoms with Crippen molar-refractivity contribution in [3.8, 4) is 0 Å². The lowest BCUT2D eigenvalue weighted by atomic mass is 9.96. The van der Waals surface area contributed by atoms with Gasteiger partial charge in [-0.05, 0) is 25.8 Å². The van der Waals surface area contributed by atoms with Crippen LogP contribution in [0.1, 0.15) is 38.4 Å². The Hall–Kier alpha value is -0.830. The van der Waals surface area contributed by atoms with Crippen LogP contribution in [-0.4, -0.2) is 16.1 Å². The Labute approximate surface area is 85.5 Å². The van der Waals surface area contributed by atoms with Gasteiger partial charge in [-0.1, -0.05) is 13.3 Å². The molecule has 1 aliphatic rings. The summed E-state index contributed by atoms with van der Waals surface area (Å²) >= 11 is 0. The summed E-state index contributed by atoms with van der Waals surface area (Å²) in [4.78, 5) is 4.23. The van der Waals surface area contributed by atoms with Crippen LogP contribution < -0.4 is 5.32 Å². The fraction of sp³-hybridized carbons (Fsp3) is 0.727. The second-order valence-electron chi connectivity index (χ2n) is 3.99. The van der Waals surface area contributed by atoms with E-state index in [1.807, 2.05) is 12.5 Å². The molecule has 2 heterocycles. The summed E-state index contributed by atoms with van der Waals surface area (Å²) in [5, 5.41) is 3.57. The number of hydrogen-bond donors (Lipinski definition) is 1. The Morgan fingerprint density at radius 2 is 2.43 bits per heavy atom. The molecule has 1 saturated heterocycles. The lowest BCUT2D eigenvalue weighted by molar-refractivity contribution is 0.427. The second kappa shape index (κ2) is 4.13. The molecule has 0 spiro atoms. The molecule has 1 fully saturated rings. The maximum atomic E-state index is 4.23. The lowest BCUT2D eigenvalue weighted by Gasteiger charge is -2.19. The van der Waals surface area contributed by atoms with Gasteiger partial charge in [-0.25, -0.2) is 4.98 Å². The first kappa shape index (κ1) is 9.71. The van der Waals surface area contributed by atoms with Gasteiger partial charge in [0.2, 0.25) is 0 Å². The molecule has 0 radical (unpaired) electrons. The van der Waals surface area contributed by atoms with Crippen molar-refractivity contribution >= 4 is 0 Å². The Balaban J connectivity index is 2.21. The van der Waals surface area contributed by atoms with E-state index in [1.165, 1.54) is 18.5 Å². The molecule has 3 nitrogen and oxygen atoms in total. The van der Waals surface area contributed by atoms with Crippen molar-refractivity contribution in [3.63, 3.8) is 0 Å². The average Bonchev–Trinajstić information content (AvgIpc) is 2.85. The molecule has 2 atom stereocenters. The molecule has 2 rings (SSSR count). The third-order valence-electron chi connectivity index (χ3n) is 3.28. The molecule has 1 N–H and O–H groups in total. The Kier molecular flexibility index (Phi) is 2.87. The highest BCUT2D eigenvalue weighted by Crippen LogP contribution is 2.31. The normalized spacial score (nSPS) is 27.0. The van der Waals surface area contributed by atoms with Crippen LogP contribution >= 0.6 is 0 Å². The fourth-order valence-electron chi connectivity index (χ4n) is 2.40. The quantitative estimate of drug-likeness (QED) is 0.795. The molecule has 0 saturated carbocycles. The van der Waals surface area contributed by atoms with Crippen LogP contribution in [0.15, 0.2) is 12.5 Å². The van der Waals surface area contributed by atoms with Crippen LogP contribution in [0.5, 0.6) is 0 Å². The van der Waals surface area contributed by atoms with Crippen molar-refractivity contribution in [2.24, 2.45) is 5.92 Å². The van der Waals surface area contributed by atoms with E-state index < -0.39 is 0 Å². The first-order valence-corrected chi connectivity index (χ1v) is 5.60. The van der Waals surface area contributed by atoms with Gasteiger partial charge in [0.1, 0.15) is 0 Å². The van der Waals surface area contributed by atoms with Crippen molar-refractivity contribution in [1.29, 1.82) is 0 Å². The van der Waals surface area contributed by atoms with E-state index in [0.29, 0.717) is 6.04 Å². The maximum absolute atomic E-state index is 4.23. The number of nitrogens with one attached hydrogen (secondary N) is 1. The summed E-state index contributed by atoms with van der Waals surface area (Å²) < 4.78 is 2.24. The Bertz CT molecular complexity index is 292. The number of nitrogens with zero attached hydrogens (tertiary/aromatic N) is 2. The zero-order valence-electron chi connectivity index (χ0n) is 9.03. The van der Waals surface area contributed by atoms with E-state index in [9.17, 15) is 0 Å². The Morgan fingerprint density at radius 3 is 3.14 bits per heavy atom. The van der Waals surface area contributed by atoms with Gasteiger partial charge in [0.15, 0.2) is 0 Å². The number of aryl methyl sites for hydroxylation is 1. The highest BCUT2D eigenvalue weighted by molar-refractivity contribution is 5.09. The highest BCUT2D eigenvalue weighted by Gasteiger charge is 2.28. The zero-order chi connectivity index (χ0) is 9.97. The van der Waals surface area contributed by atoms with Gasteiger partial charge < -0.3 is 9.88 Å². The van der Waals surface area contributed by atoms with Crippen LogP contribution in [0, 0.1) is 5.92 Å². The van der Waals surface area contributed by atoms with Crippen molar-refractivity contribution in [3.05, 3.63) is 18.2 Å². The van der Waals surface area contributed by atoms with Crippen LogP contribution in [-0.2, 0) is 6.54 Å². The van der Waals surface area contributed by atoms with Crippen LogP contribution in [0.4, 0.5) is 0 Å². The van der Waals surface area contributed by atoms with Crippen molar-refractivity contribution in [2.45, 2.75) is 39.3 Å². The molecular formula is C11H19N3. The van der Waals surface area contributed by atoms with Crippen LogP contribution in [0.25, 0.3) is 0 Å². The van der Waals surface area contributed by atoms with E-state index in [1.54, 1.807) is 0 Å². The number of hydrogen-bond acceptors (Lipinski definition) is 2. The summed E-state index contributed by atoms with van der Waals surface area (Å²) in [7, 11) is 0. The smallest absolute Gasteiger partial charge is 0.0948 e. The number of rotatable bonds is 3. The van der Waals surface area contributed by atoms with E-state index in [2.05, 4.69) is 28.7 Å². The van der Waals surface area contributed by atoms with Gasteiger partial charge in [-0.15, -0.1) is 0 Å². The summed E-state index contributed by atoms with van der Waals surface area (Å²) in [6, 6.07) is 0.530. The molecule has 0 bridgehead atoms. The predicted octanol–water partition coefficient (Wildman–Crippen LogP) is 1.96. The standard InChI is InChI=1S/C11H19N3/c1-3-9-5-6-13-11(9)10-7-12-8-14(10)4-2/h7-9,11,13H,3-6H2,1-2H3. The van der Waals surface area contributed by atoms with E-state index in [4.69, 9.17) is 0 Å². The number of aromatic nitrogens is 2. The maximum Gasteiger partial charge on any atom is 0.0948 e. The van der Waals surface area contributed by atoms with Crippen molar-refractivity contribution < 1.29 is 0 Å². The van der Waals surface area contributed by atoms with E-state index in [-0.39, 0.29) is 0 Å². The van der Waals surface area contributed by atoms with Gasteiger partial charge in [0, 0.05) is 12.7 Å². The van der Waals surface area contributed by atoms with Gasteiger partial charge in [-0.3, -0.25) is 0 Å². The molecule has 78 valence electrons. The molecule has 3 heteroatoms. The third-order valence-corrected chi connectivity index (χ3v) is 3.28. The second-order valence-corrected chi connectivity index (χ2v) is 3.99. The zero-order valence-corrected chi connectivity index (χ0v) is 9.03. The Morgan fingerprint density at radius 1 is 1.57 bits per heavy atom. The van der Waals surface area contributed by atoms with Gasteiger partial charge in [0.25, 0.3) is 0 Å². The van der Waals surface area contributed by atoms with Gasteiger partial charge in [0.05, 0.1) is 18.1 Å². The van der Waals surface area contributed by atoms with Crippen LogP contribution in [0.3, 0.4) is 0 Å². The first-order valence-electron chi connectivity index (χ1n) is 5.60. The monoisotopic (exact) mass is 193 g/mol. The summed E-state index contributed by atoms with van der Waals surface area (Å²) in [5.41, 5.74) is 1.36. The third kappa shape index (κ3) is 1.57. The highest BCUT2D eigenvalue weighted by atomic mass is 15.1. The molecule has 0 amide bonds. The molecule has 0 aliphatic carbocycles. The molecule has 14 heavy (non-hydrogen) atoms. The van der Waals surface area contributed by atoms with Gasteiger partial charge >= 0.3 is 0 Å². The minimum atomic E-state index is 0.530. The fourth-order valence-corrected chi connectivity index (χ4v) is 2.40. The summed E-state index contributed by atoms with van der Waals surface area (Å²) in [6.07, 6.45) is 6.50. The SMILES string of the molecule is CCC1CCNC1c1cncn1CC. The first-order chi connectivity index (χ1) is 6.86. The van der Waals surface area contributed by atoms with Crippen molar-refractivity contribution in [1.82, 2.24) is 14.9 Å². The average molecular weight is 193 g/mol. The predicted molar refractivity (Wildman–Crippen MR) is 57.0 cm³/mol. The largest absolute Gasteiger partial charge is 0.333 e. The van der Waals surface area contributed by atoms with Gasteiger partial charge in [-0.2, -0.15) is 0 Å². The molecule has 1 aromatic rings. The minimum absolute atomic E-state index is 0.530. The number of imidazole rings is 1. The van der Waals surface area contributed by atoms with E-state index >= 15 is 0 Å². The molecule has 0 aromatic carbocycles. The molecule has 1 aliphatic heterocycles. The van der Waals surface area contributed by atoms with E-state index in [0.717, 1.165) is 19.0 Å². The lowest BCUT2D eigenvalue weighted by Crippen LogP contribution is -2.20. The summed E-state index contributed by atoms with van der Waals surface area (Å²) in [6.45, 7) is 6.61. The minimum Gasteiger partial charge on any atom is -0.333 e. The molecular weight excluding hydrogens is 174 g/mol. The summed E-state index contributed by atoms with van der Waals surface area (Å²) in [5.74, 6) is 0.789. The van der Waals surface area contributed by atoms with Crippen molar-refractivity contribution in [2.75, 3.05) is 6.54 Å². The topological polar surface area (TPSA) is 29.9 Å². The van der Waals surface area contributed by atoms with Crippen LogP contribution in [0.2, 0.25) is 0 Å². The molecule has 2 unspecified atom stereocenters.